The molecule has 1 aromatic heterocycles. The molecule has 1 aromatic rings. The van der Waals surface area contributed by atoms with Gasteiger partial charge in [0.15, 0.2) is 0 Å². The molecule has 5 heteroatoms. The quantitative estimate of drug-likeness (QED) is 0.799. The van der Waals surface area contributed by atoms with E-state index >= 15 is 0 Å². The van der Waals surface area contributed by atoms with Gasteiger partial charge in [-0.25, -0.2) is 9.78 Å². The zero-order chi connectivity index (χ0) is 11.5. The van der Waals surface area contributed by atoms with E-state index in [9.17, 15) is 4.79 Å². The van der Waals surface area contributed by atoms with Crippen molar-refractivity contribution in [1.29, 1.82) is 5.26 Å². The summed E-state index contributed by atoms with van der Waals surface area (Å²) < 4.78 is 0. The van der Waals surface area contributed by atoms with Gasteiger partial charge < -0.3 is 10.0 Å². The predicted molar refractivity (Wildman–Crippen MR) is 57.0 cm³/mol. The van der Waals surface area contributed by atoms with E-state index in [-0.39, 0.29) is 0 Å². The second-order valence-electron chi connectivity index (χ2n) is 3.68. The summed E-state index contributed by atoms with van der Waals surface area (Å²) >= 11 is 0. The molecule has 1 fully saturated rings. The van der Waals surface area contributed by atoms with E-state index in [0.717, 1.165) is 6.42 Å². The molecule has 0 spiro atoms. The lowest BCUT2D eigenvalue weighted by Gasteiger charge is -2.22. The topological polar surface area (TPSA) is 77.2 Å². The molecule has 5 nitrogen and oxygen atoms in total. The van der Waals surface area contributed by atoms with Crippen molar-refractivity contribution < 1.29 is 9.90 Å². The Bertz CT molecular complexity index is 453. The van der Waals surface area contributed by atoms with Gasteiger partial charge in [-0.2, -0.15) is 5.26 Å². The second-order valence-corrected chi connectivity index (χ2v) is 3.68. The SMILES string of the molecule is N#Cc1cccnc1N1CCCC1C(=O)O. The summed E-state index contributed by atoms with van der Waals surface area (Å²) in [6.07, 6.45) is 3.00. The van der Waals surface area contributed by atoms with Crippen LogP contribution in [0.15, 0.2) is 18.3 Å². The van der Waals surface area contributed by atoms with E-state index in [1.54, 1.807) is 23.2 Å². The van der Waals surface area contributed by atoms with Crippen molar-refractivity contribution in [1.82, 2.24) is 4.98 Å². The molecule has 82 valence electrons. The summed E-state index contributed by atoms with van der Waals surface area (Å²) in [4.78, 5) is 16.8. The average Bonchev–Trinajstić information content (AvgIpc) is 2.77. The highest BCUT2D eigenvalue weighted by atomic mass is 16.4. The Morgan fingerprint density at radius 2 is 2.50 bits per heavy atom. The molecular formula is C11H11N3O2. The number of hydrogen-bond acceptors (Lipinski definition) is 4. The minimum absolute atomic E-state index is 0.427. The summed E-state index contributed by atoms with van der Waals surface area (Å²) in [6, 6.07) is 4.81. The first-order valence-corrected chi connectivity index (χ1v) is 5.08. The molecule has 1 atom stereocenters. The maximum absolute atomic E-state index is 11.0. The molecule has 0 radical (unpaired) electrons. The first-order valence-electron chi connectivity index (χ1n) is 5.08. The van der Waals surface area contributed by atoms with Gasteiger partial charge in [0.05, 0.1) is 5.56 Å². The molecule has 2 rings (SSSR count). The first-order chi connectivity index (χ1) is 7.74. The van der Waals surface area contributed by atoms with E-state index in [1.807, 2.05) is 6.07 Å². The van der Waals surface area contributed by atoms with Crippen molar-refractivity contribution in [2.45, 2.75) is 18.9 Å². The van der Waals surface area contributed by atoms with Crippen LogP contribution in [-0.2, 0) is 4.79 Å². The van der Waals surface area contributed by atoms with Gasteiger partial charge in [0, 0.05) is 12.7 Å². The fraction of sp³-hybridized carbons (Fsp3) is 0.364. The highest BCUT2D eigenvalue weighted by Gasteiger charge is 2.32. The van der Waals surface area contributed by atoms with Crippen molar-refractivity contribution in [3.05, 3.63) is 23.9 Å². The Morgan fingerprint density at radius 1 is 1.69 bits per heavy atom. The summed E-state index contributed by atoms with van der Waals surface area (Å²) in [5, 5.41) is 18.0. The number of carboxylic acids is 1. The van der Waals surface area contributed by atoms with Gasteiger partial charge >= 0.3 is 5.97 Å². The van der Waals surface area contributed by atoms with E-state index in [1.165, 1.54) is 0 Å². The number of nitriles is 1. The van der Waals surface area contributed by atoms with Crippen LogP contribution >= 0.6 is 0 Å². The van der Waals surface area contributed by atoms with E-state index in [4.69, 9.17) is 10.4 Å². The summed E-state index contributed by atoms with van der Waals surface area (Å²) in [5.74, 6) is -0.373. The lowest BCUT2D eigenvalue weighted by Crippen LogP contribution is -2.36. The van der Waals surface area contributed by atoms with Crippen molar-refractivity contribution in [2.24, 2.45) is 0 Å². The van der Waals surface area contributed by atoms with Gasteiger partial charge in [-0.1, -0.05) is 0 Å². The number of carbonyl (C=O) groups is 1. The van der Waals surface area contributed by atoms with Gasteiger partial charge in [0.2, 0.25) is 0 Å². The summed E-state index contributed by atoms with van der Waals surface area (Å²) in [7, 11) is 0. The average molecular weight is 217 g/mol. The van der Waals surface area contributed by atoms with Crippen LogP contribution in [0, 0.1) is 11.3 Å². The minimum Gasteiger partial charge on any atom is -0.480 e. The Hall–Kier alpha value is -2.09. The van der Waals surface area contributed by atoms with Gasteiger partial charge in [-0.3, -0.25) is 0 Å². The minimum atomic E-state index is -0.855. The lowest BCUT2D eigenvalue weighted by molar-refractivity contribution is -0.138. The number of aromatic nitrogens is 1. The standard InChI is InChI=1S/C11H11N3O2/c12-7-8-3-1-5-13-10(8)14-6-2-4-9(14)11(15)16/h1,3,5,9H,2,4,6H2,(H,15,16). The van der Waals surface area contributed by atoms with E-state index in [2.05, 4.69) is 4.98 Å². The van der Waals surface area contributed by atoms with Crippen molar-refractivity contribution in [3.63, 3.8) is 0 Å². The van der Waals surface area contributed by atoms with Crippen LogP contribution in [0.1, 0.15) is 18.4 Å². The van der Waals surface area contributed by atoms with Crippen LogP contribution in [-0.4, -0.2) is 28.6 Å². The highest BCUT2D eigenvalue weighted by Crippen LogP contribution is 2.26. The van der Waals surface area contributed by atoms with Crippen LogP contribution in [0.3, 0.4) is 0 Å². The van der Waals surface area contributed by atoms with Crippen molar-refractivity contribution >= 4 is 11.8 Å². The van der Waals surface area contributed by atoms with E-state index < -0.39 is 12.0 Å². The molecule has 1 aliphatic heterocycles. The molecule has 1 N–H and O–H groups in total. The highest BCUT2D eigenvalue weighted by molar-refractivity contribution is 5.79. The molecular weight excluding hydrogens is 206 g/mol. The molecule has 1 unspecified atom stereocenters. The zero-order valence-electron chi connectivity index (χ0n) is 8.63. The monoisotopic (exact) mass is 217 g/mol. The van der Waals surface area contributed by atoms with Crippen molar-refractivity contribution in [2.75, 3.05) is 11.4 Å². The van der Waals surface area contributed by atoms with Gasteiger partial charge in [0.1, 0.15) is 17.9 Å². The normalized spacial score (nSPS) is 19.4. The summed E-state index contributed by atoms with van der Waals surface area (Å²) in [6.45, 7) is 0.642. The summed E-state index contributed by atoms with van der Waals surface area (Å²) in [5.41, 5.74) is 0.427. The fourth-order valence-corrected chi connectivity index (χ4v) is 1.99. The van der Waals surface area contributed by atoms with Gasteiger partial charge in [-0.15, -0.1) is 0 Å². The maximum Gasteiger partial charge on any atom is 0.326 e. The van der Waals surface area contributed by atoms with Gasteiger partial charge in [0.25, 0.3) is 0 Å². The Kier molecular flexibility index (Phi) is 2.73. The van der Waals surface area contributed by atoms with Gasteiger partial charge in [-0.05, 0) is 25.0 Å². The Balaban J connectivity index is 2.37. The van der Waals surface area contributed by atoms with Crippen LogP contribution in [0.4, 0.5) is 5.82 Å². The third-order valence-corrected chi connectivity index (χ3v) is 2.72. The molecule has 16 heavy (non-hydrogen) atoms. The first kappa shape index (κ1) is 10.4. The van der Waals surface area contributed by atoms with E-state index in [0.29, 0.717) is 24.3 Å². The molecule has 0 saturated carbocycles. The molecule has 1 aliphatic rings. The molecule has 1 saturated heterocycles. The number of hydrogen-bond donors (Lipinski definition) is 1. The number of rotatable bonds is 2. The Labute approximate surface area is 92.9 Å². The smallest absolute Gasteiger partial charge is 0.326 e. The van der Waals surface area contributed by atoms with Crippen LogP contribution in [0.5, 0.6) is 0 Å². The third kappa shape index (κ3) is 1.70. The van der Waals surface area contributed by atoms with Crippen LogP contribution < -0.4 is 4.90 Å². The third-order valence-electron chi connectivity index (χ3n) is 2.72. The number of pyridine rings is 1. The molecule has 2 heterocycles. The second kappa shape index (κ2) is 4.19. The number of aliphatic carboxylic acids is 1. The number of anilines is 1. The van der Waals surface area contributed by atoms with Crippen LogP contribution in [0.2, 0.25) is 0 Å². The molecule has 0 aromatic carbocycles. The fourth-order valence-electron chi connectivity index (χ4n) is 1.99. The van der Waals surface area contributed by atoms with Crippen LogP contribution in [0.25, 0.3) is 0 Å². The predicted octanol–water partition coefficient (Wildman–Crippen LogP) is 1.01. The Morgan fingerprint density at radius 3 is 3.19 bits per heavy atom. The maximum atomic E-state index is 11.0. The molecule has 0 aliphatic carbocycles. The largest absolute Gasteiger partial charge is 0.480 e. The lowest BCUT2D eigenvalue weighted by atomic mass is 10.2. The zero-order valence-corrected chi connectivity index (χ0v) is 8.63. The molecule has 0 bridgehead atoms. The van der Waals surface area contributed by atoms with Crippen molar-refractivity contribution in [3.8, 4) is 6.07 Å². The number of nitrogens with zero attached hydrogens (tertiary/aromatic N) is 3. The number of carboxylic acid groups (broad SMARTS) is 1. The molecule has 0 amide bonds.